The SMILES string of the molecule is [C-]#[N+]c1ccnc(N2C(=O)CC[C@H]2C(=O)N(c2cccc(S(C)(=O)=O)c2)C(C(=O)NC2CCC(F)(F)CC2)c2ccccc2Cl)c1. The van der Waals surface area contributed by atoms with Crippen LogP contribution in [0.2, 0.25) is 5.02 Å². The van der Waals surface area contributed by atoms with Gasteiger partial charge in [0.05, 0.1) is 11.5 Å². The lowest BCUT2D eigenvalue weighted by atomic mass is 9.91. The smallest absolute Gasteiger partial charge is 0.251 e. The number of hydrogen-bond donors (Lipinski definition) is 1. The molecule has 3 amide bonds. The van der Waals surface area contributed by atoms with Crippen LogP contribution in [0.4, 0.5) is 26.0 Å². The van der Waals surface area contributed by atoms with Crippen molar-refractivity contribution in [3.05, 3.63) is 88.9 Å². The molecule has 1 aliphatic carbocycles. The fourth-order valence-electron chi connectivity index (χ4n) is 5.80. The van der Waals surface area contributed by atoms with E-state index in [4.69, 9.17) is 18.2 Å². The van der Waals surface area contributed by atoms with Crippen LogP contribution in [0.15, 0.2) is 71.8 Å². The van der Waals surface area contributed by atoms with Crippen LogP contribution in [0, 0.1) is 6.57 Å². The topological polar surface area (TPSA) is 121 Å². The molecular formula is C32H30ClF2N5O5S. The number of amides is 3. The number of carbonyl (C=O) groups is 3. The van der Waals surface area contributed by atoms with Gasteiger partial charge in [-0.1, -0.05) is 35.9 Å². The van der Waals surface area contributed by atoms with Gasteiger partial charge in [0.15, 0.2) is 15.5 Å². The first kappa shape index (κ1) is 33.0. The Bertz CT molecular complexity index is 1820. The molecule has 0 radical (unpaired) electrons. The summed E-state index contributed by atoms with van der Waals surface area (Å²) in [6.45, 7) is 7.36. The summed E-state index contributed by atoms with van der Waals surface area (Å²) in [5, 5.41) is 2.95. The van der Waals surface area contributed by atoms with Gasteiger partial charge in [-0.15, -0.1) is 0 Å². The molecule has 5 rings (SSSR count). The predicted octanol–water partition coefficient (Wildman–Crippen LogP) is 5.65. The third-order valence-corrected chi connectivity index (χ3v) is 9.59. The molecule has 0 bridgehead atoms. The zero-order chi connectivity index (χ0) is 33.2. The fraction of sp³-hybridized carbons (Fsp3) is 0.344. The Morgan fingerprint density at radius 1 is 1.11 bits per heavy atom. The molecule has 240 valence electrons. The summed E-state index contributed by atoms with van der Waals surface area (Å²) >= 11 is 6.61. The lowest BCUT2D eigenvalue weighted by molar-refractivity contribution is -0.128. The van der Waals surface area contributed by atoms with E-state index in [1.165, 1.54) is 53.6 Å². The Kier molecular flexibility index (Phi) is 9.42. The first-order chi connectivity index (χ1) is 21.8. The van der Waals surface area contributed by atoms with Gasteiger partial charge >= 0.3 is 0 Å². The van der Waals surface area contributed by atoms with E-state index < -0.39 is 64.4 Å². The Morgan fingerprint density at radius 3 is 2.50 bits per heavy atom. The van der Waals surface area contributed by atoms with Crippen LogP contribution in [0.3, 0.4) is 0 Å². The molecule has 3 aromatic rings. The summed E-state index contributed by atoms with van der Waals surface area (Å²) in [5.74, 6) is -4.65. The summed E-state index contributed by atoms with van der Waals surface area (Å²) in [6.07, 6.45) is 1.56. The molecule has 2 aromatic carbocycles. The van der Waals surface area contributed by atoms with Gasteiger partial charge in [0.1, 0.15) is 17.9 Å². The van der Waals surface area contributed by atoms with Crippen LogP contribution in [0.5, 0.6) is 0 Å². The van der Waals surface area contributed by atoms with E-state index in [1.807, 2.05) is 0 Å². The average molecular weight is 670 g/mol. The van der Waals surface area contributed by atoms with E-state index in [-0.39, 0.29) is 58.4 Å². The monoisotopic (exact) mass is 669 g/mol. The summed E-state index contributed by atoms with van der Waals surface area (Å²) in [6, 6.07) is 11.4. The van der Waals surface area contributed by atoms with Gasteiger partial charge in [0, 0.05) is 54.0 Å². The largest absolute Gasteiger partial charge is 0.351 e. The van der Waals surface area contributed by atoms with E-state index in [0.717, 1.165) is 11.2 Å². The molecule has 2 atom stereocenters. The highest BCUT2D eigenvalue weighted by molar-refractivity contribution is 7.90. The maximum absolute atomic E-state index is 14.8. The van der Waals surface area contributed by atoms with Crippen molar-refractivity contribution >= 4 is 56.4 Å². The number of pyridine rings is 1. The molecule has 0 spiro atoms. The van der Waals surface area contributed by atoms with Crippen LogP contribution < -0.4 is 15.1 Å². The minimum Gasteiger partial charge on any atom is -0.351 e. The van der Waals surface area contributed by atoms with Crippen molar-refractivity contribution in [2.75, 3.05) is 16.1 Å². The Balaban J connectivity index is 1.65. The number of nitrogens with one attached hydrogen (secondary N) is 1. The number of benzene rings is 2. The first-order valence-electron chi connectivity index (χ1n) is 14.5. The lowest BCUT2D eigenvalue weighted by Crippen LogP contribution is -2.53. The molecule has 1 N–H and O–H groups in total. The lowest BCUT2D eigenvalue weighted by Gasteiger charge is -2.37. The minimum absolute atomic E-state index is 0.0134. The van der Waals surface area contributed by atoms with Gasteiger partial charge in [0.25, 0.3) is 5.91 Å². The third kappa shape index (κ3) is 7.03. The quantitative estimate of drug-likeness (QED) is 0.310. The zero-order valence-corrected chi connectivity index (χ0v) is 26.3. The number of rotatable bonds is 8. The van der Waals surface area contributed by atoms with Crippen molar-refractivity contribution in [2.45, 2.75) is 67.5 Å². The van der Waals surface area contributed by atoms with Crippen molar-refractivity contribution < 1.29 is 31.6 Å². The molecule has 1 unspecified atom stereocenters. The summed E-state index contributed by atoms with van der Waals surface area (Å²) in [4.78, 5) is 52.0. The maximum Gasteiger partial charge on any atom is 0.251 e. The molecule has 14 heteroatoms. The average Bonchev–Trinajstić information content (AvgIpc) is 3.42. The highest BCUT2D eigenvalue weighted by atomic mass is 35.5. The maximum atomic E-state index is 14.8. The Morgan fingerprint density at radius 2 is 1.83 bits per heavy atom. The fourth-order valence-corrected chi connectivity index (χ4v) is 6.70. The first-order valence-corrected chi connectivity index (χ1v) is 16.8. The van der Waals surface area contributed by atoms with E-state index in [2.05, 4.69) is 15.1 Å². The highest BCUT2D eigenvalue weighted by Crippen LogP contribution is 2.38. The standard InChI is InChI=1S/C32H30ClF2N5O5S/c1-36-21-14-17-37-27(18-21)40-26(10-11-28(40)41)31(43)39(22-6-5-7-23(19-22)46(2,44)45)29(24-8-3-4-9-25(24)33)30(42)38-20-12-15-32(34,35)16-13-20/h3-9,14,17-20,26,29H,10-13,15-16H2,2H3,(H,38,42)/t26-,29?/m0/s1. The molecule has 2 heterocycles. The summed E-state index contributed by atoms with van der Waals surface area (Å²) in [7, 11) is -3.76. The molecule has 1 aromatic heterocycles. The van der Waals surface area contributed by atoms with Crippen LogP contribution in [-0.4, -0.2) is 55.4 Å². The molecule has 1 saturated carbocycles. The van der Waals surface area contributed by atoms with E-state index in [9.17, 15) is 31.6 Å². The third-order valence-electron chi connectivity index (χ3n) is 8.13. The Hall–Kier alpha value is -4.41. The Labute approximate surface area is 270 Å². The van der Waals surface area contributed by atoms with Crippen LogP contribution in [-0.2, 0) is 24.2 Å². The number of nitrogens with zero attached hydrogens (tertiary/aromatic N) is 4. The number of halogens is 3. The molecule has 46 heavy (non-hydrogen) atoms. The van der Waals surface area contributed by atoms with E-state index >= 15 is 0 Å². The highest BCUT2D eigenvalue weighted by Gasteiger charge is 2.45. The van der Waals surface area contributed by atoms with Crippen LogP contribution in [0.25, 0.3) is 4.85 Å². The molecule has 2 fully saturated rings. The number of alkyl halides is 2. The van der Waals surface area contributed by atoms with Crippen molar-refractivity contribution in [1.82, 2.24) is 10.3 Å². The van der Waals surface area contributed by atoms with Crippen molar-refractivity contribution in [3.63, 3.8) is 0 Å². The van der Waals surface area contributed by atoms with Gasteiger partial charge in [-0.2, -0.15) is 0 Å². The van der Waals surface area contributed by atoms with Gasteiger partial charge in [0.2, 0.25) is 17.7 Å². The second-order valence-electron chi connectivity index (χ2n) is 11.3. The summed E-state index contributed by atoms with van der Waals surface area (Å²) in [5.41, 5.74) is 0.426. The number of aromatic nitrogens is 1. The molecule has 2 aliphatic rings. The van der Waals surface area contributed by atoms with Crippen LogP contribution >= 0.6 is 11.6 Å². The molecule has 1 saturated heterocycles. The van der Waals surface area contributed by atoms with E-state index in [0.29, 0.717) is 0 Å². The van der Waals surface area contributed by atoms with E-state index in [1.54, 1.807) is 18.2 Å². The second-order valence-corrected chi connectivity index (χ2v) is 13.8. The number of hydrogen-bond acceptors (Lipinski definition) is 6. The van der Waals surface area contributed by atoms with Crippen molar-refractivity contribution in [1.29, 1.82) is 0 Å². The number of anilines is 2. The van der Waals surface area contributed by atoms with Crippen molar-refractivity contribution in [2.24, 2.45) is 0 Å². The predicted molar refractivity (Wildman–Crippen MR) is 168 cm³/mol. The normalized spacial score (nSPS) is 18.9. The number of carbonyl (C=O) groups excluding carboxylic acids is 3. The van der Waals surface area contributed by atoms with Crippen molar-refractivity contribution in [3.8, 4) is 0 Å². The zero-order valence-electron chi connectivity index (χ0n) is 24.7. The van der Waals surface area contributed by atoms with Gasteiger partial charge < -0.3 is 5.32 Å². The second kappa shape index (κ2) is 13.1. The minimum atomic E-state index is -3.76. The molecular weight excluding hydrogens is 640 g/mol. The van der Waals surface area contributed by atoms with Crippen LogP contribution in [0.1, 0.15) is 50.1 Å². The van der Waals surface area contributed by atoms with Gasteiger partial charge in [-0.05, 0) is 55.7 Å². The summed E-state index contributed by atoms with van der Waals surface area (Å²) < 4.78 is 53.0. The molecule has 10 nitrogen and oxygen atoms in total. The van der Waals surface area contributed by atoms with Gasteiger partial charge in [-0.25, -0.2) is 27.0 Å². The number of sulfone groups is 1. The van der Waals surface area contributed by atoms with Gasteiger partial charge in [-0.3, -0.25) is 24.2 Å². The molecule has 1 aliphatic heterocycles.